The van der Waals surface area contributed by atoms with E-state index in [9.17, 15) is 14.4 Å². The maximum Gasteiger partial charge on any atom is 0.329 e. The monoisotopic (exact) mass is 284 g/mol. The normalized spacial score (nSPS) is 18.0. The van der Waals surface area contributed by atoms with Crippen LogP contribution < -0.4 is 10.2 Å². The smallest absolute Gasteiger partial charge is 0.329 e. The molecule has 1 aromatic heterocycles. The number of aldehydes is 1. The topological polar surface area (TPSA) is 79.6 Å². The van der Waals surface area contributed by atoms with Gasteiger partial charge in [0, 0.05) is 5.56 Å². The van der Waals surface area contributed by atoms with Crippen molar-refractivity contribution in [1.82, 2.24) is 5.32 Å². The second-order valence-corrected chi connectivity index (χ2v) is 4.72. The van der Waals surface area contributed by atoms with Gasteiger partial charge >= 0.3 is 6.03 Å². The van der Waals surface area contributed by atoms with E-state index in [0.717, 1.165) is 4.90 Å². The minimum absolute atomic E-state index is 0.221. The lowest BCUT2D eigenvalue weighted by atomic mass is 10.1. The van der Waals surface area contributed by atoms with Crippen LogP contribution in [0, 0.1) is 0 Å². The van der Waals surface area contributed by atoms with E-state index in [-0.39, 0.29) is 11.7 Å². The van der Waals surface area contributed by atoms with Gasteiger partial charge in [0.2, 0.25) is 0 Å². The van der Waals surface area contributed by atoms with Gasteiger partial charge in [0.25, 0.3) is 5.91 Å². The highest BCUT2D eigenvalue weighted by atomic mass is 16.3. The summed E-state index contributed by atoms with van der Waals surface area (Å²) in [4.78, 5) is 35.5. The van der Waals surface area contributed by atoms with Gasteiger partial charge in [-0.25, -0.2) is 9.69 Å². The summed E-state index contributed by atoms with van der Waals surface area (Å²) in [6, 6.07) is 9.08. The van der Waals surface area contributed by atoms with Crippen molar-refractivity contribution in [3.8, 4) is 11.3 Å². The molecule has 1 unspecified atom stereocenters. The molecule has 2 aromatic rings. The lowest BCUT2D eigenvalue weighted by molar-refractivity contribution is -0.117. The highest BCUT2D eigenvalue weighted by Crippen LogP contribution is 2.27. The molecule has 1 aliphatic heterocycles. The second kappa shape index (κ2) is 4.90. The number of urea groups is 1. The molecule has 3 amide bonds. The molecule has 6 nitrogen and oxygen atoms in total. The van der Waals surface area contributed by atoms with Crippen molar-refractivity contribution in [3.63, 3.8) is 0 Å². The van der Waals surface area contributed by atoms with Gasteiger partial charge in [0.05, 0.1) is 5.69 Å². The van der Waals surface area contributed by atoms with E-state index in [1.165, 1.54) is 0 Å². The highest BCUT2D eigenvalue weighted by Gasteiger charge is 2.36. The molecular formula is C15H12N2O4. The van der Waals surface area contributed by atoms with Crippen molar-refractivity contribution in [1.29, 1.82) is 0 Å². The molecular weight excluding hydrogens is 272 g/mol. The molecule has 1 aromatic carbocycles. The van der Waals surface area contributed by atoms with Crippen molar-refractivity contribution in [3.05, 3.63) is 42.2 Å². The molecule has 0 aliphatic carbocycles. The van der Waals surface area contributed by atoms with Crippen molar-refractivity contribution in [2.75, 3.05) is 4.90 Å². The van der Waals surface area contributed by atoms with Gasteiger partial charge in [-0.1, -0.05) is 12.1 Å². The number of rotatable bonds is 3. The van der Waals surface area contributed by atoms with Crippen LogP contribution in [0.4, 0.5) is 10.5 Å². The first kappa shape index (κ1) is 13.1. The summed E-state index contributed by atoms with van der Waals surface area (Å²) in [5.41, 5.74) is 1.14. The molecule has 0 bridgehead atoms. The van der Waals surface area contributed by atoms with Gasteiger partial charge in [0.1, 0.15) is 11.8 Å². The second-order valence-electron chi connectivity index (χ2n) is 4.72. The van der Waals surface area contributed by atoms with Crippen LogP contribution >= 0.6 is 0 Å². The Morgan fingerprint density at radius 2 is 2.05 bits per heavy atom. The molecule has 1 atom stereocenters. The fraction of sp³-hybridized carbons (Fsp3) is 0.133. The van der Waals surface area contributed by atoms with Gasteiger partial charge in [-0.3, -0.25) is 9.59 Å². The maximum absolute atomic E-state index is 12.0. The summed E-state index contributed by atoms with van der Waals surface area (Å²) < 4.78 is 5.34. The van der Waals surface area contributed by atoms with Crippen molar-refractivity contribution < 1.29 is 18.8 Å². The van der Waals surface area contributed by atoms with Crippen LogP contribution in [0.25, 0.3) is 11.3 Å². The van der Waals surface area contributed by atoms with E-state index in [0.29, 0.717) is 23.3 Å². The average Bonchev–Trinajstić information content (AvgIpc) is 3.05. The van der Waals surface area contributed by atoms with Crippen LogP contribution in [0.2, 0.25) is 0 Å². The Labute approximate surface area is 120 Å². The number of imide groups is 1. The number of carbonyl (C=O) groups excluding carboxylic acids is 3. The Kier molecular flexibility index (Phi) is 3.06. The Balaban J connectivity index is 1.98. The van der Waals surface area contributed by atoms with Gasteiger partial charge in [0.15, 0.2) is 12.0 Å². The third-order valence-corrected chi connectivity index (χ3v) is 3.27. The first-order chi connectivity index (χ1) is 10.1. The van der Waals surface area contributed by atoms with Gasteiger partial charge in [-0.2, -0.15) is 0 Å². The number of nitrogens with one attached hydrogen (secondary N) is 1. The minimum Gasteiger partial charge on any atom is -0.453 e. The third kappa shape index (κ3) is 2.20. The Hall–Kier alpha value is -2.89. The molecule has 0 radical (unpaired) electrons. The first-order valence-electron chi connectivity index (χ1n) is 6.40. The summed E-state index contributed by atoms with van der Waals surface area (Å²) in [7, 11) is 0. The van der Waals surface area contributed by atoms with Crippen molar-refractivity contribution >= 4 is 23.9 Å². The number of hydrogen-bond donors (Lipinski definition) is 1. The maximum atomic E-state index is 12.0. The van der Waals surface area contributed by atoms with E-state index < -0.39 is 12.1 Å². The zero-order chi connectivity index (χ0) is 15.0. The molecule has 3 rings (SSSR count). The van der Waals surface area contributed by atoms with Gasteiger partial charge < -0.3 is 9.73 Å². The van der Waals surface area contributed by atoms with E-state index in [4.69, 9.17) is 4.42 Å². The number of furan rings is 1. The number of amides is 3. The molecule has 2 heterocycles. The quantitative estimate of drug-likeness (QED) is 0.692. The molecule has 1 aliphatic rings. The van der Waals surface area contributed by atoms with E-state index in [1.54, 1.807) is 43.3 Å². The van der Waals surface area contributed by atoms with E-state index >= 15 is 0 Å². The lowest BCUT2D eigenvalue weighted by Gasteiger charge is -2.13. The van der Waals surface area contributed by atoms with Crippen LogP contribution in [0.5, 0.6) is 0 Å². The fourth-order valence-corrected chi connectivity index (χ4v) is 2.22. The average molecular weight is 284 g/mol. The van der Waals surface area contributed by atoms with E-state index in [2.05, 4.69) is 5.32 Å². The third-order valence-electron chi connectivity index (χ3n) is 3.27. The van der Waals surface area contributed by atoms with Crippen LogP contribution in [-0.4, -0.2) is 24.3 Å². The number of anilines is 1. The molecule has 1 N–H and O–H groups in total. The number of hydrogen-bond acceptors (Lipinski definition) is 4. The summed E-state index contributed by atoms with van der Waals surface area (Å²) in [6.07, 6.45) is 0.618. The fourth-order valence-electron chi connectivity index (χ4n) is 2.22. The summed E-state index contributed by atoms with van der Waals surface area (Å²) in [5, 5.41) is 2.56. The zero-order valence-corrected chi connectivity index (χ0v) is 11.2. The summed E-state index contributed by atoms with van der Waals surface area (Å²) in [6.45, 7) is 1.63. The van der Waals surface area contributed by atoms with Gasteiger partial charge in [-0.15, -0.1) is 0 Å². The molecule has 106 valence electrons. The molecule has 1 saturated heterocycles. The lowest BCUT2D eigenvalue weighted by Crippen LogP contribution is -2.30. The first-order valence-corrected chi connectivity index (χ1v) is 6.40. The SMILES string of the molecule is CC1NC(=O)N(c2cccc(-c3ccc(C=O)o3)c2)C1=O. The predicted molar refractivity (Wildman–Crippen MR) is 75.0 cm³/mol. The molecule has 1 fully saturated rings. The van der Waals surface area contributed by atoms with E-state index in [1.807, 2.05) is 0 Å². The number of benzene rings is 1. The largest absolute Gasteiger partial charge is 0.453 e. The molecule has 0 spiro atoms. The Bertz CT molecular complexity index is 735. The summed E-state index contributed by atoms with van der Waals surface area (Å²) in [5.74, 6) is 0.420. The number of carbonyl (C=O) groups is 3. The van der Waals surface area contributed by atoms with Crippen LogP contribution in [0.3, 0.4) is 0 Å². The predicted octanol–water partition coefficient (Wildman–Crippen LogP) is 2.20. The van der Waals surface area contributed by atoms with Crippen molar-refractivity contribution in [2.45, 2.75) is 13.0 Å². The summed E-state index contributed by atoms with van der Waals surface area (Å²) >= 11 is 0. The standard InChI is InChI=1S/C15H12N2O4/c1-9-14(19)17(15(20)16-9)11-4-2-3-10(7-11)13-6-5-12(8-18)21-13/h2-9H,1H3,(H,16,20). The van der Waals surface area contributed by atoms with Crippen LogP contribution in [0.15, 0.2) is 40.8 Å². The minimum atomic E-state index is -0.536. The Morgan fingerprint density at radius 1 is 1.24 bits per heavy atom. The molecule has 21 heavy (non-hydrogen) atoms. The van der Waals surface area contributed by atoms with Crippen molar-refractivity contribution in [2.24, 2.45) is 0 Å². The van der Waals surface area contributed by atoms with Crippen LogP contribution in [-0.2, 0) is 4.79 Å². The zero-order valence-electron chi connectivity index (χ0n) is 11.2. The van der Waals surface area contributed by atoms with Gasteiger partial charge in [-0.05, 0) is 31.2 Å². The highest BCUT2D eigenvalue weighted by molar-refractivity contribution is 6.21. The molecule has 6 heteroatoms. The Morgan fingerprint density at radius 3 is 2.67 bits per heavy atom. The molecule has 0 saturated carbocycles. The number of nitrogens with zero attached hydrogens (tertiary/aromatic N) is 1. The van der Waals surface area contributed by atoms with Crippen LogP contribution in [0.1, 0.15) is 17.5 Å².